The zero-order valence-electron chi connectivity index (χ0n) is 21.2. The minimum atomic E-state index is -2.55. The summed E-state index contributed by atoms with van der Waals surface area (Å²) in [5.74, 6) is 0. The predicted molar refractivity (Wildman–Crippen MR) is 134 cm³/mol. The summed E-state index contributed by atoms with van der Waals surface area (Å²) in [5.41, 5.74) is 2.67. The van der Waals surface area contributed by atoms with Crippen molar-refractivity contribution in [3.05, 3.63) is 35.4 Å². The minimum absolute atomic E-state index is 0.626. The number of hydrogen-bond donors (Lipinski definition) is 0. The molecule has 0 fully saturated rings. The van der Waals surface area contributed by atoms with Crippen LogP contribution < -0.4 is 0 Å². The third-order valence-electron chi connectivity index (χ3n) is 5.11. The van der Waals surface area contributed by atoms with Crippen LogP contribution in [-0.4, -0.2) is 57.3 Å². The van der Waals surface area contributed by atoms with Crippen molar-refractivity contribution in [2.75, 3.05) is 39.6 Å². The highest BCUT2D eigenvalue weighted by molar-refractivity contribution is 6.61. The van der Waals surface area contributed by atoms with Crippen LogP contribution in [0.4, 0.5) is 0 Å². The summed E-state index contributed by atoms with van der Waals surface area (Å²) in [4.78, 5) is 0. The molecule has 0 heterocycles. The number of rotatable bonds is 20. The van der Waals surface area contributed by atoms with Gasteiger partial charge >= 0.3 is 17.6 Å². The summed E-state index contributed by atoms with van der Waals surface area (Å²) < 4.78 is 35.7. The molecule has 8 heteroatoms. The maximum atomic E-state index is 5.96. The van der Waals surface area contributed by atoms with E-state index < -0.39 is 17.6 Å². The Morgan fingerprint density at radius 3 is 0.938 bits per heavy atom. The molecule has 1 aromatic rings. The summed E-state index contributed by atoms with van der Waals surface area (Å²) in [6, 6.07) is 10.6. The fraction of sp³-hybridized carbons (Fsp3) is 0.750. The molecule has 1 aromatic carbocycles. The van der Waals surface area contributed by atoms with Crippen molar-refractivity contribution in [2.45, 2.75) is 79.3 Å². The summed E-state index contributed by atoms with van der Waals surface area (Å²) >= 11 is 0. The van der Waals surface area contributed by atoms with Gasteiger partial charge in [-0.2, -0.15) is 0 Å². The molecule has 0 aliphatic rings. The molecule has 1 rings (SSSR count). The molecule has 0 atom stereocenters. The van der Waals surface area contributed by atoms with Crippen LogP contribution in [-0.2, 0) is 39.4 Å². The first-order chi connectivity index (χ1) is 15.5. The SMILES string of the molecule is CCO[Si](CCCc1ccc(CCC[Si](OCC)(OCC)OCC)cc1)(OCC)OCC. The Kier molecular flexibility index (Phi) is 15.6. The Morgan fingerprint density at radius 1 is 0.469 bits per heavy atom. The van der Waals surface area contributed by atoms with E-state index in [4.69, 9.17) is 26.6 Å². The van der Waals surface area contributed by atoms with E-state index in [1.165, 1.54) is 11.1 Å². The van der Waals surface area contributed by atoms with Crippen LogP contribution in [0.1, 0.15) is 65.5 Å². The van der Waals surface area contributed by atoms with Crippen molar-refractivity contribution in [2.24, 2.45) is 0 Å². The second-order valence-electron chi connectivity index (χ2n) is 7.49. The molecule has 32 heavy (non-hydrogen) atoms. The molecule has 0 aromatic heterocycles. The van der Waals surface area contributed by atoms with E-state index in [0.29, 0.717) is 39.6 Å². The lowest BCUT2D eigenvalue weighted by Crippen LogP contribution is -2.46. The lowest BCUT2D eigenvalue weighted by molar-refractivity contribution is 0.0700. The van der Waals surface area contributed by atoms with E-state index in [1.807, 2.05) is 41.5 Å². The van der Waals surface area contributed by atoms with Gasteiger partial charge in [0.15, 0.2) is 0 Å². The van der Waals surface area contributed by atoms with Crippen LogP contribution in [0.3, 0.4) is 0 Å². The number of benzene rings is 1. The largest absolute Gasteiger partial charge is 0.500 e. The summed E-state index contributed by atoms with van der Waals surface area (Å²) in [7, 11) is -5.10. The summed E-state index contributed by atoms with van der Waals surface area (Å²) in [6.07, 6.45) is 3.99. The molecule has 186 valence electrons. The smallest absolute Gasteiger partial charge is 0.374 e. The maximum absolute atomic E-state index is 5.96. The van der Waals surface area contributed by atoms with Crippen LogP contribution in [0.25, 0.3) is 0 Å². The van der Waals surface area contributed by atoms with Crippen molar-refractivity contribution in [1.82, 2.24) is 0 Å². The average Bonchev–Trinajstić information content (AvgIpc) is 2.76. The van der Waals surface area contributed by atoms with E-state index in [9.17, 15) is 0 Å². The first kappa shape index (κ1) is 29.4. The van der Waals surface area contributed by atoms with E-state index >= 15 is 0 Å². The highest BCUT2D eigenvalue weighted by Crippen LogP contribution is 2.22. The van der Waals surface area contributed by atoms with Gasteiger partial charge in [0.1, 0.15) is 0 Å². The van der Waals surface area contributed by atoms with Crippen molar-refractivity contribution >= 4 is 17.6 Å². The molecule has 0 saturated heterocycles. The lowest BCUT2D eigenvalue weighted by atomic mass is 10.1. The van der Waals surface area contributed by atoms with Gasteiger partial charge in [0.05, 0.1) is 0 Å². The first-order valence-electron chi connectivity index (χ1n) is 12.4. The Hall–Kier alpha value is -0.586. The lowest BCUT2D eigenvalue weighted by Gasteiger charge is -2.28. The predicted octanol–water partition coefficient (Wildman–Crippen LogP) is 5.65. The van der Waals surface area contributed by atoms with Gasteiger partial charge in [-0.1, -0.05) is 24.3 Å². The van der Waals surface area contributed by atoms with Crippen LogP contribution in [0, 0.1) is 0 Å². The highest BCUT2D eigenvalue weighted by Gasteiger charge is 2.40. The molecule has 0 unspecified atom stereocenters. The average molecular weight is 487 g/mol. The highest BCUT2D eigenvalue weighted by atomic mass is 28.4. The number of hydrogen-bond acceptors (Lipinski definition) is 6. The van der Waals surface area contributed by atoms with Gasteiger partial charge in [0.25, 0.3) is 0 Å². The second kappa shape index (κ2) is 16.9. The standard InChI is InChI=1S/C24H46O6Si2/c1-7-25-31(26-8-2,27-9-3)21-13-15-23-17-19-24(20-18-23)16-14-22-32(28-10-4,29-11-5)30-12-6/h17-20H,7-16,21-22H2,1-6H3. The van der Waals surface area contributed by atoms with Crippen LogP contribution in [0.15, 0.2) is 24.3 Å². The molecule has 6 nitrogen and oxygen atoms in total. The second-order valence-corrected chi connectivity index (χ2v) is 13.0. The Morgan fingerprint density at radius 2 is 0.719 bits per heavy atom. The fourth-order valence-corrected chi connectivity index (χ4v) is 9.12. The molecule has 0 radical (unpaired) electrons. The molecule has 0 bridgehead atoms. The molecular formula is C24H46O6Si2. The zero-order valence-corrected chi connectivity index (χ0v) is 23.2. The Labute approximate surface area is 198 Å². The Balaban J connectivity index is 2.56. The van der Waals surface area contributed by atoms with Gasteiger partial charge in [-0.05, 0) is 78.4 Å². The summed E-state index contributed by atoms with van der Waals surface area (Å²) in [5, 5.41) is 0. The van der Waals surface area contributed by atoms with Gasteiger partial charge in [-0.3, -0.25) is 0 Å². The van der Waals surface area contributed by atoms with Crippen LogP contribution in [0.5, 0.6) is 0 Å². The van der Waals surface area contributed by atoms with Crippen molar-refractivity contribution < 1.29 is 26.6 Å². The normalized spacial score (nSPS) is 12.4. The quantitative estimate of drug-likeness (QED) is 0.222. The van der Waals surface area contributed by atoms with Crippen molar-refractivity contribution in [3.8, 4) is 0 Å². The van der Waals surface area contributed by atoms with E-state index in [0.717, 1.165) is 37.8 Å². The number of aryl methyl sites for hydroxylation is 2. The third kappa shape index (κ3) is 10.6. The van der Waals surface area contributed by atoms with Gasteiger partial charge < -0.3 is 26.6 Å². The van der Waals surface area contributed by atoms with E-state index in [2.05, 4.69) is 24.3 Å². The fourth-order valence-electron chi connectivity index (χ4n) is 3.89. The van der Waals surface area contributed by atoms with Gasteiger partial charge in [0, 0.05) is 51.7 Å². The molecule has 0 N–H and O–H groups in total. The van der Waals surface area contributed by atoms with E-state index in [-0.39, 0.29) is 0 Å². The van der Waals surface area contributed by atoms with Gasteiger partial charge in [-0.15, -0.1) is 0 Å². The molecule has 0 spiro atoms. The van der Waals surface area contributed by atoms with Crippen LogP contribution in [0.2, 0.25) is 12.1 Å². The zero-order chi connectivity index (χ0) is 23.7. The molecule has 0 aliphatic carbocycles. The maximum Gasteiger partial charge on any atom is 0.500 e. The van der Waals surface area contributed by atoms with Crippen molar-refractivity contribution in [3.63, 3.8) is 0 Å². The van der Waals surface area contributed by atoms with Gasteiger partial charge in [-0.25, -0.2) is 0 Å². The van der Waals surface area contributed by atoms with Gasteiger partial charge in [0.2, 0.25) is 0 Å². The topological polar surface area (TPSA) is 55.4 Å². The third-order valence-corrected chi connectivity index (χ3v) is 11.4. The molecule has 0 saturated carbocycles. The molecular weight excluding hydrogens is 440 g/mol. The summed E-state index contributed by atoms with van der Waals surface area (Å²) in [6.45, 7) is 15.8. The minimum Gasteiger partial charge on any atom is -0.374 e. The first-order valence-corrected chi connectivity index (χ1v) is 16.3. The van der Waals surface area contributed by atoms with Crippen LogP contribution >= 0.6 is 0 Å². The van der Waals surface area contributed by atoms with Crippen molar-refractivity contribution in [1.29, 1.82) is 0 Å². The Bertz CT molecular complexity index is 499. The molecule has 0 aliphatic heterocycles. The van der Waals surface area contributed by atoms with E-state index in [1.54, 1.807) is 0 Å². The molecule has 0 amide bonds. The monoisotopic (exact) mass is 486 g/mol.